The number of rotatable bonds is 5. The average Bonchev–Trinajstić information content (AvgIpc) is 3.31. The van der Waals surface area contributed by atoms with Crippen LogP contribution in [0.25, 0.3) is 0 Å². The van der Waals surface area contributed by atoms with Crippen molar-refractivity contribution in [3.63, 3.8) is 0 Å². The zero-order valence-corrected chi connectivity index (χ0v) is 11.3. The van der Waals surface area contributed by atoms with Crippen LogP contribution in [-0.4, -0.2) is 5.91 Å². The first-order valence-corrected chi connectivity index (χ1v) is 6.95. The molecule has 0 aromatic heterocycles. The molecule has 3 rings (SSSR count). The van der Waals surface area contributed by atoms with Crippen molar-refractivity contribution in [1.82, 2.24) is 0 Å². The Kier molecular flexibility index (Phi) is 3.42. The Labute approximate surface area is 118 Å². The van der Waals surface area contributed by atoms with E-state index in [1.54, 1.807) is 12.1 Å². The molecule has 20 heavy (non-hydrogen) atoms. The topological polar surface area (TPSA) is 55.1 Å². The number of nitrogens with one attached hydrogen (secondary N) is 1. The highest BCUT2D eigenvalue weighted by Gasteiger charge is 2.32. The number of primary amides is 1. The minimum atomic E-state index is -0.390. The molecule has 3 N–H and O–H groups in total. The number of anilines is 1. The normalized spacial score (nSPS) is 15.6. The molecule has 0 radical (unpaired) electrons. The van der Waals surface area contributed by atoms with Gasteiger partial charge in [0.25, 0.3) is 0 Å². The van der Waals surface area contributed by atoms with Crippen LogP contribution in [0.5, 0.6) is 0 Å². The lowest BCUT2D eigenvalue weighted by Crippen LogP contribution is -2.14. The molecule has 0 aliphatic heterocycles. The van der Waals surface area contributed by atoms with Crippen LogP contribution in [0, 0.1) is 5.92 Å². The molecule has 1 aliphatic carbocycles. The number of carbonyl (C=O) groups excluding carboxylic acids is 1. The zero-order chi connectivity index (χ0) is 13.9. The van der Waals surface area contributed by atoms with Gasteiger partial charge in [-0.15, -0.1) is 0 Å². The van der Waals surface area contributed by atoms with Crippen LogP contribution >= 0.6 is 0 Å². The van der Waals surface area contributed by atoms with Gasteiger partial charge in [-0.25, -0.2) is 0 Å². The van der Waals surface area contributed by atoms with Crippen LogP contribution < -0.4 is 11.1 Å². The van der Waals surface area contributed by atoms with E-state index in [-0.39, 0.29) is 0 Å². The molecule has 2 aromatic carbocycles. The quantitative estimate of drug-likeness (QED) is 0.872. The molecule has 0 saturated heterocycles. The fourth-order valence-corrected chi connectivity index (χ4v) is 2.47. The lowest BCUT2D eigenvalue weighted by molar-refractivity contribution is 0.100. The van der Waals surface area contributed by atoms with Gasteiger partial charge in [-0.05, 0) is 48.6 Å². The molecule has 1 atom stereocenters. The Bertz CT molecular complexity index is 588. The zero-order valence-electron chi connectivity index (χ0n) is 11.3. The molecule has 3 heteroatoms. The maximum absolute atomic E-state index is 11.1. The standard InChI is InChI=1S/C17H18N2O/c18-17(20)14-8-10-15(11-9-14)19-16(13-6-7-13)12-4-2-1-3-5-12/h1-5,8-11,13,16,19H,6-7H2,(H2,18,20). The number of carbonyl (C=O) groups is 1. The second-order valence-corrected chi connectivity index (χ2v) is 5.31. The number of hydrogen-bond donors (Lipinski definition) is 2. The van der Waals surface area contributed by atoms with E-state index in [0.717, 1.165) is 5.69 Å². The van der Waals surface area contributed by atoms with Crippen LogP contribution in [0.1, 0.15) is 34.8 Å². The van der Waals surface area contributed by atoms with Crippen LogP contribution in [0.15, 0.2) is 54.6 Å². The molecule has 3 nitrogen and oxygen atoms in total. The van der Waals surface area contributed by atoms with Gasteiger partial charge in [0, 0.05) is 11.3 Å². The molecule has 1 fully saturated rings. The van der Waals surface area contributed by atoms with Crippen molar-refractivity contribution >= 4 is 11.6 Å². The van der Waals surface area contributed by atoms with E-state index in [2.05, 4.69) is 29.6 Å². The third-order valence-electron chi connectivity index (χ3n) is 3.74. The molecule has 0 heterocycles. The van der Waals surface area contributed by atoms with Gasteiger partial charge >= 0.3 is 0 Å². The Hall–Kier alpha value is -2.29. The lowest BCUT2D eigenvalue weighted by Gasteiger charge is -2.20. The van der Waals surface area contributed by atoms with E-state index >= 15 is 0 Å². The monoisotopic (exact) mass is 266 g/mol. The maximum Gasteiger partial charge on any atom is 0.248 e. The maximum atomic E-state index is 11.1. The van der Waals surface area contributed by atoms with Gasteiger partial charge in [-0.3, -0.25) is 4.79 Å². The summed E-state index contributed by atoms with van der Waals surface area (Å²) in [5.74, 6) is 0.312. The second kappa shape index (κ2) is 5.37. The fourth-order valence-electron chi connectivity index (χ4n) is 2.47. The van der Waals surface area contributed by atoms with Gasteiger partial charge in [0.1, 0.15) is 0 Å². The van der Waals surface area contributed by atoms with E-state index in [4.69, 9.17) is 5.73 Å². The predicted octanol–water partition coefficient (Wildman–Crippen LogP) is 3.35. The smallest absolute Gasteiger partial charge is 0.248 e. The molecule has 102 valence electrons. The molecule has 0 spiro atoms. The lowest BCUT2D eigenvalue weighted by atomic mass is 10.0. The summed E-state index contributed by atoms with van der Waals surface area (Å²) in [5, 5.41) is 3.57. The molecule has 2 aromatic rings. The summed E-state index contributed by atoms with van der Waals surface area (Å²) < 4.78 is 0. The second-order valence-electron chi connectivity index (χ2n) is 5.31. The molecular weight excluding hydrogens is 248 g/mol. The highest BCUT2D eigenvalue weighted by atomic mass is 16.1. The predicted molar refractivity (Wildman–Crippen MR) is 80.5 cm³/mol. The van der Waals surface area contributed by atoms with Gasteiger partial charge in [-0.1, -0.05) is 30.3 Å². The largest absolute Gasteiger partial charge is 0.378 e. The first kappa shape index (κ1) is 12.7. The van der Waals surface area contributed by atoms with Crippen molar-refractivity contribution in [2.45, 2.75) is 18.9 Å². The van der Waals surface area contributed by atoms with Crippen molar-refractivity contribution in [2.75, 3.05) is 5.32 Å². The molecule has 0 bridgehead atoms. The Morgan fingerprint density at radius 3 is 2.25 bits per heavy atom. The van der Waals surface area contributed by atoms with Crippen LogP contribution in [0.3, 0.4) is 0 Å². The number of benzene rings is 2. The van der Waals surface area contributed by atoms with Gasteiger partial charge < -0.3 is 11.1 Å². The van der Waals surface area contributed by atoms with Gasteiger partial charge in [-0.2, -0.15) is 0 Å². The van der Waals surface area contributed by atoms with Crippen molar-refractivity contribution in [3.05, 3.63) is 65.7 Å². The summed E-state index contributed by atoms with van der Waals surface area (Å²) in [5.41, 5.74) is 8.13. The van der Waals surface area contributed by atoms with Crippen molar-refractivity contribution < 1.29 is 4.79 Å². The SMILES string of the molecule is NC(=O)c1ccc(NC(c2ccccc2)C2CC2)cc1. The minimum absolute atomic E-state index is 0.343. The van der Waals surface area contributed by atoms with Crippen LogP contribution in [0.2, 0.25) is 0 Å². The number of hydrogen-bond acceptors (Lipinski definition) is 2. The highest BCUT2D eigenvalue weighted by Crippen LogP contribution is 2.42. The van der Waals surface area contributed by atoms with E-state index in [9.17, 15) is 4.79 Å². The van der Waals surface area contributed by atoms with Gasteiger partial charge in [0.15, 0.2) is 0 Å². The van der Waals surface area contributed by atoms with Gasteiger partial charge in [0.2, 0.25) is 5.91 Å². The van der Waals surface area contributed by atoms with E-state index in [1.165, 1.54) is 18.4 Å². The Balaban J connectivity index is 1.78. The first-order chi connectivity index (χ1) is 9.74. The van der Waals surface area contributed by atoms with Crippen LogP contribution in [0.4, 0.5) is 5.69 Å². The minimum Gasteiger partial charge on any atom is -0.378 e. The highest BCUT2D eigenvalue weighted by molar-refractivity contribution is 5.93. The summed E-state index contributed by atoms with van der Waals surface area (Å²) in [6, 6.07) is 18.2. The van der Waals surface area contributed by atoms with E-state index < -0.39 is 5.91 Å². The summed E-state index contributed by atoms with van der Waals surface area (Å²) >= 11 is 0. The molecule has 1 saturated carbocycles. The molecular formula is C17H18N2O. The molecule has 1 aliphatic rings. The summed E-state index contributed by atoms with van der Waals surface area (Å²) in [7, 11) is 0. The summed E-state index contributed by atoms with van der Waals surface area (Å²) in [4.78, 5) is 11.1. The van der Waals surface area contributed by atoms with Crippen molar-refractivity contribution in [2.24, 2.45) is 11.7 Å². The van der Waals surface area contributed by atoms with Crippen LogP contribution in [-0.2, 0) is 0 Å². The van der Waals surface area contributed by atoms with Crippen molar-refractivity contribution in [1.29, 1.82) is 0 Å². The Morgan fingerprint density at radius 2 is 1.70 bits per heavy atom. The van der Waals surface area contributed by atoms with Crippen molar-refractivity contribution in [3.8, 4) is 0 Å². The molecule has 1 amide bonds. The third-order valence-corrected chi connectivity index (χ3v) is 3.74. The number of amides is 1. The van der Waals surface area contributed by atoms with E-state index in [1.807, 2.05) is 18.2 Å². The summed E-state index contributed by atoms with van der Waals surface area (Å²) in [6.07, 6.45) is 2.54. The fraction of sp³-hybridized carbons (Fsp3) is 0.235. The Morgan fingerprint density at radius 1 is 1.05 bits per heavy atom. The van der Waals surface area contributed by atoms with Gasteiger partial charge in [0.05, 0.1) is 6.04 Å². The molecule has 1 unspecified atom stereocenters. The van der Waals surface area contributed by atoms with E-state index in [0.29, 0.717) is 17.5 Å². The summed E-state index contributed by atoms with van der Waals surface area (Å²) in [6.45, 7) is 0. The first-order valence-electron chi connectivity index (χ1n) is 6.95. The number of nitrogens with two attached hydrogens (primary N) is 1. The third kappa shape index (κ3) is 2.82. The average molecular weight is 266 g/mol.